The number of ether oxygens (including phenoxy) is 1. The average molecular weight is 351 g/mol. The van der Waals surface area contributed by atoms with E-state index in [1.165, 1.54) is 0 Å². The zero-order valence-electron chi connectivity index (χ0n) is 11.6. The van der Waals surface area contributed by atoms with Crippen LogP contribution < -0.4 is 21.7 Å². The van der Waals surface area contributed by atoms with Crippen LogP contribution >= 0.6 is 6.72 Å². The van der Waals surface area contributed by atoms with Gasteiger partial charge in [0.25, 0.3) is 5.91 Å². The molecule has 22 heavy (non-hydrogen) atoms. The molecule has 0 radical (unpaired) electrons. The summed E-state index contributed by atoms with van der Waals surface area (Å²) in [6.07, 6.45) is 0.225. The number of nitrogens with one attached hydrogen (secondary N) is 3. The first-order valence-electron chi connectivity index (χ1n) is 6.77. The van der Waals surface area contributed by atoms with E-state index in [1.807, 2.05) is 4.90 Å². The number of hydrogen-bond donors (Lipinski definition) is 6. The number of nitrogens with zero attached hydrogens (tertiary/aromatic N) is 1. The number of hydrogen-bond acceptors (Lipinski definition) is 8. The Labute approximate surface area is 131 Å². The van der Waals surface area contributed by atoms with Crippen molar-refractivity contribution in [3.8, 4) is 0 Å². The predicted octanol–water partition coefficient (Wildman–Crippen LogP) is -2.29. The highest BCUT2D eigenvalue weighted by Gasteiger charge is 2.39. The maximum Gasteiger partial charge on any atom is 0.321 e. The molecule has 1 fully saturated rings. The quantitative estimate of drug-likeness (QED) is 0.307. The Bertz CT molecular complexity index is 554. The summed E-state index contributed by atoms with van der Waals surface area (Å²) in [5, 5.41) is 8.56. The van der Waals surface area contributed by atoms with Gasteiger partial charge in [-0.1, -0.05) is 0 Å². The first-order valence-corrected chi connectivity index (χ1v) is 9.39. The molecule has 0 aromatic heterocycles. The van der Waals surface area contributed by atoms with Gasteiger partial charge in [-0.3, -0.25) is 10.5 Å². The van der Waals surface area contributed by atoms with Crippen LogP contribution in [0.5, 0.6) is 0 Å². The Morgan fingerprint density at radius 1 is 1.45 bits per heavy atom. The van der Waals surface area contributed by atoms with Gasteiger partial charge in [0.15, 0.2) is 6.29 Å². The van der Waals surface area contributed by atoms with Gasteiger partial charge in [0.05, 0.1) is 19.4 Å². The molecule has 3 atom stereocenters. The second-order valence-corrected chi connectivity index (χ2v) is 7.87. The Balaban J connectivity index is 1.62. The SMILES string of the molecule is NC1NC(=O)C2=C(N1)N([C@H]1CC[C@@H](COP(O)(O)=S)O1)CN2. The topological polar surface area (TPSA) is 141 Å². The van der Waals surface area contributed by atoms with E-state index >= 15 is 0 Å². The second-order valence-electron chi connectivity index (χ2n) is 5.20. The highest BCUT2D eigenvalue weighted by Crippen LogP contribution is 2.38. The monoisotopic (exact) mass is 351 g/mol. The molecular formula is C10H18N5O5PS. The van der Waals surface area contributed by atoms with Crippen LogP contribution in [0.1, 0.15) is 12.8 Å². The molecule has 7 N–H and O–H groups in total. The van der Waals surface area contributed by atoms with Crippen LogP contribution in [0.4, 0.5) is 0 Å². The third kappa shape index (κ3) is 3.35. The number of amides is 1. The molecule has 1 unspecified atom stereocenters. The van der Waals surface area contributed by atoms with Gasteiger partial charge in [-0.05, 0) is 24.6 Å². The van der Waals surface area contributed by atoms with Crippen molar-refractivity contribution in [1.29, 1.82) is 0 Å². The van der Waals surface area contributed by atoms with Gasteiger partial charge in [0.2, 0.25) is 0 Å². The smallest absolute Gasteiger partial charge is 0.321 e. The van der Waals surface area contributed by atoms with E-state index in [0.29, 0.717) is 31.0 Å². The van der Waals surface area contributed by atoms with Gasteiger partial charge < -0.3 is 39.9 Å². The number of carbonyl (C=O) groups excluding carboxylic acids is 1. The van der Waals surface area contributed by atoms with Crippen molar-refractivity contribution < 1.29 is 23.8 Å². The van der Waals surface area contributed by atoms with Crippen LogP contribution in [0.3, 0.4) is 0 Å². The highest BCUT2D eigenvalue weighted by molar-refractivity contribution is 8.06. The Morgan fingerprint density at radius 2 is 2.23 bits per heavy atom. The number of rotatable bonds is 4. The zero-order chi connectivity index (χ0) is 15.9. The summed E-state index contributed by atoms with van der Waals surface area (Å²) in [6.45, 7) is -3.21. The molecule has 1 amide bonds. The van der Waals surface area contributed by atoms with Crippen LogP contribution in [0.25, 0.3) is 0 Å². The van der Waals surface area contributed by atoms with Crippen molar-refractivity contribution in [3.05, 3.63) is 11.5 Å². The minimum atomic E-state index is -3.67. The molecular weight excluding hydrogens is 333 g/mol. The van der Waals surface area contributed by atoms with Gasteiger partial charge in [-0.2, -0.15) is 0 Å². The second kappa shape index (κ2) is 5.93. The van der Waals surface area contributed by atoms with Crippen molar-refractivity contribution >= 4 is 24.4 Å². The summed E-state index contributed by atoms with van der Waals surface area (Å²) >= 11 is 4.41. The van der Waals surface area contributed by atoms with Crippen LogP contribution in [0, 0.1) is 0 Å². The summed E-state index contributed by atoms with van der Waals surface area (Å²) < 4.78 is 10.7. The predicted molar refractivity (Wildman–Crippen MR) is 78.7 cm³/mol. The van der Waals surface area contributed by atoms with Crippen LogP contribution in [0.2, 0.25) is 0 Å². The first kappa shape index (κ1) is 15.9. The maximum atomic E-state index is 11.8. The summed E-state index contributed by atoms with van der Waals surface area (Å²) in [7, 11) is 0. The summed E-state index contributed by atoms with van der Waals surface area (Å²) in [4.78, 5) is 31.8. The van der Waals surface area contributed by atoms with Crippen LogP contribution in [-0.2, 0) is 25.9 Å². The van der Waals surface area contributed by atoms with E-state index in [-0.39, 0.29) is 24.8 Å². The van der Waals surface area contributed by atoms with Crippen molar-refractivity contribution in [2.24, 2.45) is 5.73 Å². The highest BCUT2D eigenvalue weighted by atomic mass is 32.5. The van der Waals surface area contributed by atoms with Crippen molar-refractivity contribution in [3.63, 3.8) is 0 Å². The summed E-state index contributed by atoms with van der Waals surface area (Å²) in [5.74, 6) is 0.347. The van der Waals surface area contributed by atoms with Gasteiger partial charge in [-0.15, -0.1) is 0 Å². The molecule has 3 aliphatic rings. The van der Waals surface area contributed by atoms with E-state index in [9.17, 15) is 4.79 Å². The fourth-order valence-corrected chi connectivity index (χ4v) is 3.22. The maximum absolute atomic E-state index is 11.8. The molecule has 0 aromatic rings. The van der Waals surface area contributed by atoms with Crippen molar-refractivity contribution in [2.45, 2.75) is 31.5 Å². The molecule has 0 spiro atoms. The average Bonchev–Trinajstić information content (AvgIpc) is 3.01. The summed E-state index contributed by atoms with van der Waals surface area (Å²) in [5.41, 5.74) is 6.15. The first-order chi connectivity index (χ1) is 10.3. The Hall–Kier alpha value is -0.940. The molecule has 1 saturated heterocycles. The molecule has 10 nitrogen and oxygen atoms in total. The molecule has 12 heteroatoms. The fourth-order valence-electron chi connectivity index (χ4n) is 2.67. The molecule has 3 heterocycles. The molecule has 0 aromatic carbocycles. The van der Waals surface area contributed by atoms with E-state index in [1.54, 1.807) is 0 Å². The molecule has 3 rings (SSSR count). The lowest BCUT2D eigenvalue weighted by atomic mass is 10.2. The van der Waals surface area contributed by atoms with E-state index in [2.05, 4.69) is 27.8 Å². The van der Waals surface area contributed by atoms with E-state index in [0.717, 1.165) is 0 Å². The third-order valence-electron chi connectivity index (χ3n) is 3.62. The van der Waals surface area contributed by atoms with Crippen molar-refractivity contribution in [1.82, 2.24) is 20.9 Å². The van der Waals surface area contributed by atoms with Gasteiger partial charge in [-0.25, -0.2) is 0 Å². The largest absolute Gasteiger partial charge is 0.360 e. The lowest BCUT2D eigenvalue weighted by Gasteiger charge is -2.31. The molecule has 3 aliphatic heterocycles. The third-order valence-corrected chi connectivity index (χ3v) is 4.42. The molecule has 0 aliphatic carbocycles. The fraction of sp³-hybridized carbons (Fsp3) is 0.700. The van der Waals surface area contributed by atoms with Crippen molar-refractivity contribution in [2.75, 3.05) is 13.3 Å². The minimum absolute atomic E-state index is 0.0291. The van der Waals surface area contributed by atoms with Gasteiger partial charge in [0.1, 0.15) is 17.7 Å². The van der Waals surface area contributed by atoms with Crippen LogP contribution in [0.15, 0.2) is 11.5 Å². The van der Waals surface area contributed by atoms with E-state index < -0.39 is 13.0 Å². The summed E-state index contributed by atoms with van der Waals surface area (Å²) in [6, 6.07) is 0. The standard InChI is InChI=1S/C10H18N5O5PS/c11-10-13-8-7(9(16)14-10)12-4-15(8)6-2-1-5(20-6)3-19-21(17,18)22/h5-6,10,12-13H,1-4,11H2,(H,14,16)(H2,17,18,22)/t5-,6+,10?/m0/s1. The van der Waals surface area contributed by atoms with E-state index in [4.69, 9.17) is 24.8 Å². The molecule has 0 saturated carbocycles. The zero-order valence-corrected chi connectivity index (χ0v) is 13.3. The lowest BCUT2D eigenvalue weighted by molar-refractivity contribution is -0.119. The molecule has 0 bridgehead atoms. The Kier molecular flexibility index (Phi) is 4.29. The normalized spacial score (nSPS) is 31.7. The molecule has 124 valence electrons. The number of nitrogens with two attached hydrogens (primary N) is 1. The Morgan fingerprint density at radius 3 is 2.95 bits per heavy atom. The minimum Gasteiger partial charge on any atom is -0.360 e. The lowest BCUT2D eigenvalue weighted by Crippen LogP contribution is -2.57. The van der Waals surface area contributed by atoms with Gasteiger partial charge >= 0.3 is 6.72 Å². The van der Waals surface area contributed by atoms with Gasteiger partial charge in [0, 0.05) is 0 Å². The van der Waals surface area contributed by atoms with Crippen LogP contribution in [-0.4, -0.2) is 52.5 Å². The number of carbonyl (C=O) groups is 1.